The Labute approximate surface area is 135 Å². The Kier molecular flexibility index (Phi) is 3.99. The lowest BCUT2D eigenvalue weighted by Gasteiger charge is -2.04. The van der Waals surface area contributed by atoms with Crippen molar-refractivity contribution in [2.24, 2.45) is 0 Å². The fourth-order valence-electron chi connectivity index (χ4n) is 2.48. The Balaban J connectivity index is 2.02. The zero-order chi connectivity index (χ0) is 16.2. The van der Waals surface area contributed by atoms with Crippen molar-refractivity contribution in [3.05, 3.63) is 78.6 Å². The van der Waals surface area contributed by atoms with E-state index in [1.807, 2.05) is 71.6 Å². The number of methoxy groups -OCH3 is 1. The molecule has 3 heteroatoms. The molecule has 0 spiro atoms. The number of rotatable bonds is 4. The van der Waals surface area contributed by atoms with Gasteiger partial charge in [-0.1, -0.05) is 36.9 Å². The van der Waals surface area contributed by atoms with Gasteiger partial charge in [-0.3, -0.25) is 0 Å². The zero-order valence-electron chi connectivity index (χ0n) is 12.9. The SMILES string of the molecule is C=Cc1ccc(-n2cc(C#N)c(-c3ccc(OC)cc3)c2)cc1. The van der Waals surface area contributed by atoms with Gasteiger partial charge in [0.15, 0.2) is 0 Å². The first kappa shape index (κ1) is 14.7. The molecule has 0 N–H and O–H groups in total. The van der Waals surface area contributed by atoms with Crippen molar-refractivity contribution in [2.75, 3.05) is 7.11 Å². The highest BCUT2D eigenvalue weighted by molar-refractivity contribution is 5.71. The second-order valence-corrected chi connectivity index (χ2v) is 5.13. The average Bonchev–Trinajstić information content (AvgIpc) is 3.06. The monoisotopic (exact) mass is 300 g/mol. The van der Waals surface area contributed by atoms with Crippen LogP contribution in [-0.2, 0) is 0 Å². The molecule has 112 valence electrons. The molecule has 1 heterocycles. The smallest absolute Gasteiger partial charge is 0.118 e. The molecular weight excluding hydrogens is 284 g/mol. The molecule has 0 amide bonds. The van der Waals surface area contributed by atoms with E-state index < -0.39 is 0 Å². The fraction of sp³-hybridized carbons (Fsp3) is 0.0500. The van der Waals surface area contributed by atoms with Crippen LogP contribution in [0.3, 0.4) is 0 Å². The molecule has 0 saturated carbocycles. The predicted octanol–water partition coefficient (Wildman–Crippen LogP) is 4.67. The molecule has 0 aliphatic heterocycles. The first-order chi connectivity index (χ1) is 11.2. The second-order valence-electron chi connectivity index (χ2n) is 5.13. The van der Waals surface area contributed by atoms with Gasteiger partial charge in [0.05, 0.1) is 12.7 Å². The molecule has 0 unspecified atom stereocenters. The quantitative estimate of drug-likeness (QED) is 0.702. The highest BCUT2D eigenvalue weighted by atomic mass is 16.5. The number of hydrogen-bond donors (Lipinski definition) is 0. The van der Waals surface area contributed by atoms with Crippen LogP contribution in [0.5, 0.6) is 5.75 Å². The van der Waals surface area contributed by atoms with Gasteiger partial charge in [0, 0.05) is 23.6 Å². The first-order valence-corrected chi connectivity index (χ1v) is 7.24. The average molecular weight is 300 g/mol. The van der Waals surface area contributed by atoms with Gasteiger partial charge < -0.3 is 9.30 Å². The van der Waals surface area contributed by atoms with E-state index in [4.69, 9.17) is 4.74 Å². The first-order valence-electron chi connectivity index (χ1n) is 7.24. The van der Waals surface area contributed by atoms with Crippen LogP contribution in [0, 0.1) is 11.3 Å². The summed E-state index contributed by atoms with van der Waals surface area (Å²) in [5.41, 5.74) is 4.61. The topological polar surface area (TPSA) is 38.0 Å². The lowest BCUT2D eigenvalue weighted by atomic mass is 10.1. The number of benzene rings is 2. The van der Waals surface area contributed by atoms with E-state index in [9.17, 15) is 5.26 Å². The van der Waals surface area contributed by atoms with Crippen LogP contribution < -0.4 is 4.74 Å². The predicted molar refractivity (Wildman–Crippen MR) is 92.6 cm³/mol. The molecule has 3 nitrogen and oxygen atoms in total. The highest BCUT2D eigenvalue weighted by Gasteiger charge is 2.10. The molecule has 0 saturated heterocycles. The zero-order valence-corrected chi connectivity index (χ0v) is 12.9. The molecule has 3 aromatic rings. The third-order valence-corrected chi connectivity index (χ3v) is 3.77. The summed E-state index contributed by atoms with van der Waals surface area (Å²) >= 11 is 0. The van der Waals surface area contributed by atoms with Crippen molar-refractivity contribution in [2.45, 2.75) is 0 Å². The van der Waals surface area contributed by atoms with E-state index in [1.165, 1.54) is 0 Å². The van der Waals surface area contributed by atoms with Crippen LogP contribution in [0.4, 0.5) is 0 Å². The third-order valence-electron chi connectivity index (χ3n) is 3.77. The minimum Gasteiger partial charge on any atom is -0.497 e. The van der Waals surface area contributed by atoms with Crippen molar-refractivity contribution in [3.8, 4) is 28.6 Å². The summed E-state index contributed by atoms with van der Waals surface area (Å²) < 4.78 is 7.14. The van der Waals surface area contributed by atoms with Gasteiger partial charge in [0.2, 0.25) is 0 Å². The summed E-state index contributed by atoms with van der Waals surface area (Å²) in [6, 6.07) is 18.0. The minimum atomic E-state index is 0.642. The number of hydrogen-bond acceptors (Lipinski definition) is 2. The third kappa shape index (κ3) is 2.88. The van der Waals surface area contributed by atoms with Crippen LogP contribution >= 0.6 is 0 Å². The highest BCUT2D eigenvalue weighted by Crippen LogP contribution is 2.28. The summed E-state index contributed by atoms with van der Waals surface area (Å²) in [5, 5.41) is 9.42. The van der Waals surface area contributed by atoms with Gasteiger partial charge in [-0.2, -0.15) is 5.26 Å². The number of ether oxygens (including phenoxy) is 1. The maximum atomic E-state index is 9.42. The molecule has 0 bridgehead atoms. The van der Waals surface area contributed by atoms with Gasteiger partial charge in [-0.15, -0.1) is 0 Å². The van der Waals surface area contributed by atoms with E-state index in [0.717, 1.165) is 28.1 Å². The molecule has 2 aromatic carbocycles. The van der Waals surface area contributed by atoms with Crippen LogP contribution in [0.25, 0.3) is 22.9 Å². The summed E-state index contributed by atoms with van der Waals surface area (Å²) in [6.45, 7) is 3.76. The lowest BCUT2D eigenvalue weighted by Crippen LogP contribution is -1.89. The van der Waals surface area contributed by atoms with Crippen molar-refractivity contribution >= 4 is 6.08 Å². The molecule has 0 aliphatic rings. The van der Waals surface area contributed by atoms with Crippen molar-refractivity contribution in [1.29, 1.82) is 5.26 Å². The van der Waals surface area contributed by atoms with Crippen LogP contribution in [0.15, 0.2) is 67.5 Å². The van der Waals surface area contributed by atoms with E-state index in [-0.39, 0.29) is 0 Å². The summed E-state index contributed by atoms with van der Waals surface area (Å²) in [4.78, 5) is 0. The Hall–Kier alpha value is -3.25. The van der Waals surface area contributed by atoms with Gasteiger partial charge in [0.1, 0.15) is 11.8 Å². The van der Waals surface area contributed by atoms with Crippen molar-refractivity contribution in [3.63, 3.8) is 0 Å². The molecular formula is C20H16N2O. The largest absolute Gasteiger partial charge is 0.497 e. The number of aromatic nitrogens is 1. The van der Waals surface area contributed by atoms with E-state index in [1.54, 1.807) is 7.11 Å². The van der Waals surface area contributed by atoms with E-state index in [0.29, 0.717) is 5.56 Å². The molecule has 0 aliphatic carbocycles. The molecule has 1 aromatic heterocycles. The lowest BCUT2D eigenvalue weighted by molar-refractivity contribution is 0.415. The normalized spacial score (nSPS) is 10.1. The van der Waals surface area contributed by atoms with Crippen LogP contribution in [0.1, 0.15) is 11.1 Å². The standard InChI is InChI=1S/C20H16N2O/c1-3-15-4-8-18(9-5-15)22-13-17(12-21)20(14-22)16-6-10-19(23-2)11-7-16/h3-11,13-14H,1H2,2H3. The maximum absolute atomic E-state index is 9.42. The number of nitrogens with zero attached hydrogens (tertiary/aromatic N) is 2. The van der Waals surface area contributed by atoms with E-state index >= 15 is 0 Å². The van der Waals surface area contributed by atoms with Crippen molar-refractivity contribution in [1.82, 2.24) is 4.57 Å². The van der Waals surface area contributed by atoms with Crippen molar-refractivity contribution < 1.29 is 4.74 Å². The molecule has 3 rings (SSSR count). The molecule has 23 heavy (non-hydrogen) atoms. The second kappa shape index (κ2) is 6.25. The Morgan fingerprint density at radius 3 is 2.30 bits per heavy atom. The Bertz CT molecular complexity index is 866. The maximum Gasteiger partial charge on any atom is 0.118 e. The Morgan fingerprint density at radius 2 is 1.74 bits per heavy atom. The van der Waals surface area contributed by atoms with Gasteiger partial charge in [-0.25, -0.2) is 0 Å². The molecule has 0 atom stereocenters. The molecule has 0 fully saturated rings. The summed E-state index contributed by atoms with van der Waals surface area (Å²) in [5.74, 6) is 0.798. The van der Waals surface area contributed by atoms with Gasteiger partial charge in [-0.05, 0) is 35.4 Å². The summed E-state index contributed by atoms with van der Waals surface area (Å²) in [6.07, 6.45) is 5.63. The fourth-order valence-corrected chi connectivity index (χ4v) is 2.48. The Morgan fingerprint density at radius 1 is 1.04 bits per heavy atom. The van der Waals surface area contributed by atoms with E-state index in [2.05, 4.69) is 12.6 Å². The van der Waals surface area contributed by atoms with Crippen LogP contribution in [-0.4, -0.2) is 11.7 Å². The molecule has 0 radical (unpaired) electrons. The number of nitriles is 1. The van der Waals surface area contributed by atoms with Crippen LogP contribution in [0.2, 0.25) is 0 Å². The van der Waals surface area contributed by atoms with Gasteiger partial charge in [0.25, 0.3) is 0 Å². The minimum absolute atomic E-state index is 0.642. The summed E-state index contributed by atoms with van der Waals surface area (Å²) in [7, 11) is 1.64. The van der Waals surface area contributed by atoms with Gasteiger partial charge >= 0.3 is 0 Å².